The number of benzene rings is 1. The first-order valence-electron chi connectivity index (χ1n) is 7.84. The number of nitrogens with one attached hydrogen (secondary N) is 1. The Morgan fingerprint density at radius 3 is 2.19 bits per heavy atom. The molecule has 1 N–H and O–H groups in total. The lowest BCUT2D eigenvalue weighted by Crippen LogP contribution is -2.25. The van der Waals surface area contributed by atoms with Crippen LogP contribution in [0.3, 0.4) is 0 Å². The van der Waals surface area contributed by atoms with E-state index >= 15 is 0 Å². The molecule has 0 amide bonds. The minimum absolute atomic E-state index is 0.766. The lowest BCUT2D eigenvalue weighted by Gasteiger charge is -2.17. The van der Waals surface area contributed by atoms with Crippen molar-refractivity contribution in [1.82, 2.24) is 5.32 Å². The molecule has 0 spiro atoms. The largest absolute Gasteiger partial charge is 0.493 e. The van der Waals surface area contributed by atoms with Gasteiger partial charge in [-0.3, -0.25) is 0 Å². The first-order valence-corrected chi connectivity index (χ1v) is 8.63. The second-order valence-electron chi connectivity index (χ2n) is 6.27. The Labute approximate surface area is 135 Å². The molecule has 2 aliphatic rings. The summed E-state index contributed by atoms with van der Waals surface area (Å²) < 4.78 is 11.8. The van der Waals surface area contributed by atoms with Crippen molar-refractivity contribution >= 4 is 15.9 Å². The van der Waals surface area contributed by atoms with Crippen molar-refractivity contribution in [2.75, 3.05) is 20.8 Å². The third-order valence-corrected chi connectivity index (χ3v) is 5.44. The van der Waals surface area contributed by atoms with Crippen LogP contribution in [0.15, 0.2) is 16.6 Å². The molecular weight excluding hydrogens is 330 g/mol. The van der Waals surface area contributed by atoms with E-state index in [1.165, 1.54) is 31.2 Å². The molecule has 1 aromatic carbocycles. The van der Waals surface area contributed by atoms with Gasteiger partial charge in [0.2, 0.25) is 0 Å². The zero-order valence-electron chi connectivity index (χ0n) is 12.8. The summed E-state index contributed by atoms with van der Waals surface area (Å²) in [5, 5.41) is 3.65. The maximum atomic E-state index is 5.38. The van der Waals surface area contributed by atoms with Crippen LogP contribution < -0.4 is 14.8 Å². The highest BCUT2D eigenvalue weighted by Gasteiger charge is 2.40. The topological polar surface area (TPSA) is 30.5 Å². The maximum Gasteiger partial charge on any atom is 0.161 e. The molecular formula is C17H24BrNO2. The molecule has 0 atom stereocenters. The molecule has 0 aromatic heterocycles. The fourth-order valence-electron chi connectivity index (χ4n) is 3.17. The van der Waals surface area contributed by atoms with E-state index in [0.717, 1.165) is 46.8 Å². The molecule has 2 fully saturated rings. The van der Waals surface area contributed by atoms with E-state index in [1.807, 2.05) is 6.07 Å². The third kappa shape index (κ3) is 3.72. The average Bonchev–Trinajstić information content (AvgIpc) is 3.37. The van der Waals surface area contributed by atoms with Crippen LogP contribution in [0.2, 0.25) is 0 Å². The first-order chi connectivity index (χ1) is 10.2. The minimum Gasteiger partial charge on any atom is -0.493 e. The summed E-state index contributed by atoms with van der Waals surface area (Å²) in [4.78, 5) is 0. The molecule has 0 radical (unpaired) electrons. The van der Waals surface area contributed by atoms with Gasteiger partial charge in [-0.15, -0.1) is 0 Å². The zero-order valence-corrected chi connectivity index (χ0v) is 14.4. The van der Waals surface area contributed by atoms with Gasteiger partial charge in [-0.1, -0.05) is 15.9 Å². The quantitative estimate of drug-likeness (QED) is 0.766. The summed E-state index contributed by atoms with van der Waals surface area (Å²) in [7, 11) is 3.34. The fraction of sp³-hybridized carbons (Fsp3) is 0.647. The van der Waals surface area contributed by atoms with Crippen molar-refractivity contribution in [2.24, 2.45) is 17.8 Å². The molecule has 21 heavy (non-hydrogen) atoms. The van der Waals surface area contributed by atoms with Gasteiger partial charge in [0, 0.05) is 11.0 Å². The van der Waals surface area contributed by atoms with Gasteiger partial charge in [0.05, 0.1) is 14.2 Å². The predicted octanol–water partition coefficient (Wildman–Crippen LogP) is 3.99. The number of halogens is 1. The van der Waals surface area contributed by atoms with Gasteiger partial charge >= 0.3 is 0 Å². The molecule has 1 aromatic rings. The first kappa shape index (κ1) is 15.2. The van der Waals surface area contributed by atoms with Crippen molar-refractivity contribution in [3.63, 3.8) is 0 Å². The average molecular weight is 354 g/mol. The monoisotopic (exact) mass is 353 g/mol. The zero-order chi connectivity index (χ0) is 14.8. The summed E-state index contributed by atoms with van der Waals surface area (Å²) in [5.41, 5.74) is 1.22. The Balaban J connectivity index is 1.59. The summed E-state index contributed by atoms with van der Waals surface area (Å²) in [6.45, 7) is 2.02. The van der Waals surface area contributed by atoms with Gasteiger partial charge in [-0.05, 0) is 67.7 Å². The van der Waals surface area contributed by atoms with E-state index in [-0.39, 0.29) is 0 Å². The Bertz CT molecular complexity index is 486. The van der Waals surface area contributed by atoms with Crippen LogP contribution in [-0.2, 0) is 6.54 Å². The van der Waals surface area contributed by atoms with Crippen molar-refractivity contribution in [3.8, 4) is 11.5 Å². The van der Waals surface area contributed by atoms with E-state index < -0.39 is 0 Å². The minimum atomic E-state index is 0.766. The van der Waals surface area contributed by atoms with Crippen molar-refractivity contribution in [1.29, 1.82) is 0 Å². The lowest BCUT2D eigenvalue weighted by molar-refractivity contribution is 0.353. The van der Waals surface area contributed by atoms with Gasteiger partial charge in [0.1, 0.15) is 0 Å². The number of rotatable bonds is 8. The number of methoxy groups -OCH3 is 2. The molecule has 0 unspecified atom stereocenters. The molecule has 3 rings (SSSR count). The maximum absolute atomic E-state index is 5.38. The summed E-state index contributed by atoms with van der Waals surface area (Å²) in [6, 6.07) is 4.04. The Morgan fingerprint density at radius 2 is 1.67 bits per heavy atom. The summed E-state index contributed by atoms with van der Waals surface area (Å²) in [6.07, 6.45) is 5.79. The van der Waals surface area contributed by atoms with Gasteiger partial charge in [0.15, 0.2) is 11.5 Å². The molecule has 4 heteroatoms. The van der Waals surface area contributed by atoms with Crippen molar-refractivity contribution < 1.29 is 9.47 Å². The van der Waals surface area contributed by atoms with Gasteiger partial charge in [-0.2, -0.15) is 0 Å². The van der Waals surface area contributed by atoms with E-state index in [1.54, 1.807) is 14.2 Å². The molecule has 0 bridgehead atoms. The molecule has 0 aliphatic heterocycles. The molecule has 0 saturated heterocycles. The Hall–Kier alpha value is -0.740. The lowest BCUT2D eigenvalue weighted by atomic mass is 9.98. The molecule has 3 nitrogen and oxygen atoms in total. The SMILES string of the molecule is COc1cc(Br)c(CNCC(C2CC2)C2CC2)cc1OC. The standard InChI is InChI=1S/C17H24BrNO2/c1-20-16-7-13(15(18)8-17(16)21-2)9-19-10-14(11-3-4-11)12-5-6-12/h7-8,11-12,14,19H,3-6,9-10H2,1-2H3. The number of hydrogen-bond acceptors (Lipinski definition) is 3. The van der Waals surface area contributed by atoms with Gasteiger partial charge < -0.3 is 14.8 Å². The molecule has 2 saturated carbocycles. The summed E-state index contributed by atoms with van der Waals surface area (Å²) >= 11 is 3.63. The van der Waals surface area contributed by atoms with Crippen molar-refractivity contribution in [2.45, 2.75) is 32.2 Å². The van der Waals surface area contributed by atoms with Crippen LogP contribution >= 0.6 is 15.9 Å². The van der Waals surface area contributed by atoms with Crippen LogP contribution in [0.4, 0.5) is 0 Å². The number of ether oxygens (including phenoxy) is 2. The Kier molecular flexibility index (Phi) is 4.75. The van der Waals surface area contributed by atoms with Gasteiger partial charge in [-0.25, -0.2) is 0 Å². The van der Waals surface area contributed by atoms with E-state index in [9.17, 15) is 0 Å². The van der Waals surface area contributed by atoms with E-state index in [2.05, 4.69) is 27.3 Å². The Morgan fingerprint density at radius 1 is 1.10 bits per heavy atom. The van der Waals surface area contributed by atoms with Crippen LogP contribution in [-0.4, -0.2) is 20.8 Å². The normalized spacial score (nSPS) is 18.1. The highest BCUT2D eigenvalue weighted by atomic mass is 79.9. The highest BCUT2D eigenvalue weighted by Crippen LogP contribution is 2.48. The van der Waals surface area contributed by atoms with Crippen LogP contribution in [0.1, 0.15) is 31.2 Å². The second-order valence-corrected chi connectivity index (χ2v) is 7.12. The number of hydrogen-bond donors (Lipinski definition) is 1. The van der Waals surface area contributed by atoms with E-state index in [4.69, 9.17) is 9.47 Å². The van der Waals surface area contributed by atoms with Gasteiger partial charge in [0.25, 0.3) is 0 Å². The van der Waals surface area contributed by atoms with E-state index in [0.29, 0.717) is 0 Å². The fourth-order valence-corrected chi connectivity index (χ4v) is 3.63. The predicted molar refractivity (Wildman–Crippen MR) is 87.9 cm³/mol. The molecule has 0 heterocycles. The molecule has 116 valence electrons. The smallest absolute Gasteiger partial charge is 0.161 e. The van der Waals surface area contributed by atoms with Crippen LogP contribution in [0.5, 0.6) is 11.5 Å². The van der Waals surface area contributed by atoms with Crippen LogP contribution in [0, 0.1) is 17.8 Å². The highest BCUT2D eigenvalue weighted by molar-refractivity contribution is 9.10. The third-order valence-electron chi connectivity index (χ3n) is 4.70. The molecule has 2 aliphatic carbocycles. The second kappa shape index (κ2) is 6.57. The summed E-state index contributed by atoms with van der Waals surface area (Å²) in [5.74, 6) is 4.46. The van der Waals surface area contributed by atoms with Crippen molar-refractivity contribution in [3.05, 3.63) is 22.2 Å². The van der Waals surface area contributed by atoms with Crippen LogP contribution in [0.25, 0.3) is 0 Å².